The number of halogens is 1. The standard InChI is InChI=1S/C12H14FN3S/c1-3-6-14-12-11(15-17-16-12)10-5-4-9(13)7-8(10)2/h4-5,7H,3,6H2,1-2H3,(H,14,16). The van der Waals surface area contributed by atoms with Crippen LogP contribution in [0.5, 0.6) is 0 Å². The van der Waals surface area contributed by atoms with Crippen LogP contribution < -0.4 is 5.32 Å². The molecule has 1 aromatic heterocycles. The van der Waals surface area contributed by atoms with Crippen molar-refractivity contribution >= 4 is 17.5 Å². The molecule has 0 atom stereocenters. The maximum absolute atomic E-state index is 13.0. The molecule has 0 amide bonds. The van der Waals surface area contributed by atoms with Crippen LogP contribution in [0.1, 0.15) is 18.9 Å². The highest BCUT2D eigenvalue weighted by Gasteiger charge is 2.12. The molecule has 0 bridgehead atoms. The summed E-state index contributed by atoms with van der Waals surface area (Å²) < 4.78 is 21.5. The highest BCUT2D eigenvalue weighted by Crippen LogP contribution is 2.28. The van der Waals surface area contributed by atoms with E-state index in [2.05, 4.69) is 21.0 Å². The van der Waals surface area contributed by atoms with Crippen molar-refractivity contribution in [1.29, 1.82) is 0 Å². The summed E-state index contributed by atoms with van der Waals surface area (Å²) in [6.07, 6.45) is 1.03. The number of hydrogen-bond acceptors (Lipinski definition) is 4. The second-order valence-corrected chi connectivity index (χ2v) is 4.38. The Hall–Kier alpha value is -1.49. The predicted octanol–water partition coefficient (Wildman–Crippen LogP) is 3.47. The minimum Gasteiger partial charge on any atom is -0.367 e. The zero-order valence-corrected chi connectivity index (χ0v) is 10.6. The maximum atomic E-state index is 13.0. The van der Waals surface area contributed by atoms with Crippen LogP contribution in [-0.2, 0) is 0 Å². The molecule has 0 unspecified atom stereocenters. The topological polar surface area (TPSA) is 37.8 Å². The molecule has 5 heteroatoms. The normalized spacial score (nSPS) is 10.5. The number of hydrogen-bond donors (Lipinski definition) is 1. The van der Waals surface area contributed by atoms with E-state index in [1.807, 2.05) is 6.92 Å². The number of nitrogens with zero attached hydrogens (tertiary/aromatic N) is 2. The fourth-order valence-electron chi connectivity index (χ4n) is 1.62. The van der Waals surface area contributed by atoms with Crippen molar-refractivity contribution in [3.63, 3.8) is 0 Å². The molecule has 0 spiro atoms. The minimum atomic E-state index is -0.225. The smallest absolute Gasteiger partial charge is 0.168 e. The summed E-state index contributed by atoms with van der Waals surface area (Å²) in [6.45, 7) is 4.83. The number of benzene rings is 1. The van der Waals surface area contributed by atoms with E-state index in [0.717, 1.165) is 35.6 Å². The molecule has 1 N–H and O–H groups in total. The molecule has 0 aliphatic rings. The highest BCUT2D eigenvalue weighted by atomic mass is 32.1. The first-order valence-electron chi connectivity index (χ1n) is 5.55. The Kier molecular flexibility index (Phi) is 3.68. The maximum Gasteiger partial charge on any atom is 0.168 e. The first-order chi connectivity index (χ1) is 8.22. The van der Waals surface area contributed by atoms with Gasteiger partial charge in [0.1, 0.15) is 11.5 Å². The van der Waals surface area contributed by atoms with Crippen molar-refractivity contribution < 1.29 is 4.39 Å². The van der Waals surface area contributed by atoms with Crippen LogP contribution in [0, 0.1) is 12.7 Å². The van der Waals surface area contributed by atoms with Crippen molar-refractivity contribution in [3.05, 3.63) is 29.6 Å². The summed E-state index contributed by atoms with van der Waals surface area (Å²) in [5.74, 6) is 0.559. The molecular weight excluding hydrogens is 237 g/mol. The Labute approximate surface area is 104 Å². The lowest BCUT2D eigenvalue weighted by Crippen LogP contribution is -2.01. The summed E-state index contributed by atoms with van der Waals surface area (Å²) in [5, 5.41) is 3.23. The molecule has 1 aromatic carbocycles. The van der Waals surface area contributed by atoms with Gasteiger partial charge in [0.25, 0.3) is 0 Å². The Morgan fingerprint density at radius 3 is 2.88 bits per heavy atom. The van der Waals surface area contributed by atoms with Gasteiger partial charge in [-0.3, -0.25) is 0 Å². The van der Waals surface area contributed by atoms with Gasteiger partial charge in [-0.05, 0) is 37.1 Å². The van der Waals surface area contributed by atoms with Crippen molar-refractivity contribution in [2.24, 2.45) is 0 Å². The molecule has 0 aliphatic carbocycles. The van der Waals surface area contributed by atoms with E-state index in [1.54, 1.807) is 6.07 Å². The van der Waals surface area contributed by atoms with Gasteiger partial charge in [-0.25, -0.2) is 4.39 Å². The van der Waals surface area contributed by atoms with E-state index < -0.39 is 0 Å². The van der Waals surface area contributed by atoms with Gasteiger partial charge in [0.05, 0.1) is 11.7 Å². The van der Waals surface area contributed by atoms with E-state index >= 15 is 0 Å². The van der Waals surface area contributed by atoms with Gasteiger partial charge in [-0.2, -0.15) is 8.75 Å². The van der Waals surface area contributed by atoms with E-state index in [1.165, 1.54) is 23.9 Å². The molecular formula is C12H14FN3S. The zero-order valence-electron chi connectivity index (χ0n) is 9.83. The van der Waals surface area contributed by atoms with E-state index in [4.69, 9.17) is 0 Å². The van der Waals surface area contributed by atoms with Gasteiger partial charge in [0.2, 0.25) is 0 Å². The van der Waals surface area contributed by atoms with Gasteiger partial charge in [-0.15, -0.1) is 0 Å². The van der Waals surface area contributed by atoms with E-state index in [0.29, 0.717) is 0 Å². The Bertz CT molecular complexity index is 510. The zero-order chi connectivity index (χ0) is 12.3. The van der Waals surface area contributed by atoms with Crippen molar-refractivity contribution in [1.82, 2.24) is 8.75 Å². The van der Waals surface area contributed by atoms with Gasteiger partial charge in [0.15, 0.2) is 5.82 Å². The van der Waals surface area contributed by atoms with Gasteiger partial charge >= 0.3 is 0 Å². The summed E-state index contributed by atoms with van der Waals surface area (Å²) in [7, 11) is 0. The third-order valence-corrected chi connectivity index (χ3v) is 3.00. The van der Waals surface area contributed by atoms with Crippen LogP contribution in [0.3, 0.4) is 0 Å². The Morgan fingerprint density at radius 2 is 2.18 bits per heavy atom. The Morgan fingerprint density at radius 1 is 1.35 bits per heavy atom. The molecule has 2 aromatic rings. The predicted molar refractivity (Wildman–Crippen MR) is 68.8 cm³/mol. The second-order valence-electron chi connectivity index (χ2n) is 3.85. The number of aryl methyl sites for hydroxylation is 1. The monoisotopic (exact) mass is 251 g/mol. The lowest BCUT2D eigenvalue weighted by atomic mass is 10.1. The SMILES string of the molecule is CCCNc1nsnc1-c1ccc(F)cc1C. The molecule has 0 saturated carbocycles. The Balaban J connectivity index is 2.35. The summed E-state index contributed by atoms with van der Waals surface area (Å²) in [4.78, 5) is 0. The molecule has 90 valence electrons. The number of nitrogens with one attached hydrogen (secondary N) is 1. The van der Waals surface area contributed by atoms with Gasteiger partial charge in [0, 0.05) is 12.1 Å². The van der Waals surface area contributed by atoms with Crippen molar-refractivity contribution in [2.45, 2.75) is 20.3 Å². The fourth-order valence-corrected chi connectivity index (χ4v) is 2.16. The summed E-state index contributed by atoms with van der Waals surface area (Å²) >= 11 is 1.17. The molecule has 1 heterocycles. The third-order valence-electron chi connectivity index (χ3n) is 2.47. The largest absolute Gasteiger partial charge is 0.367 e. The number of anilines is 1. The molecule has 2 rings (SSSR count). The fraction of sp³-hybridized carbons (Fsp3) is 0.333. The first-order valence-corrected chi connectivity index (χ1v) is 6.28. The van der Waals surface area contributed by atoms with Crippen LogP contribution in [0.15, 0.2) is 18.2 Å². The van der Waals surface area contributed by atoms with Crippen LogP contribution in [0.2, 0.25) is 0 Å². The van der Waals surface area contributed by atoms with Crippen LogP contribution in [0.4, 0.5) is 10.2 Å². The van der Waals surface area contributed by atoms with E-state index in [9.17, 15) is 4.39 Å². The van der Waals surface area contributed by atoms with E-state index in [-0.39, 0.29) is 5.82 Å². The second kappa shape index (κ2) is 5.23. The van der Waals surface area contributed by atoms with Crippen LogP contribution >= 0.6 is 11.7 Å². The van der Waals surface area contributed by atoms with Crippen LogP contribution in [0.25, 0.3) is 11.3 Å². The highest BCUT2D eigenvalue weighted by molar-refractivity contribution is 6.99. The lowest BCUT2D eigenvalue weighted by molar-refractivity contribution is 0.627. The summed E-state index contributed by atoms with van der Waals surface area (Å²) in [6, 6.07) is 4.71. The molecule has 3 nitrogen and oxygen atoms in total. The number of aromatic nitrogens is 2. The molecule has 0 fully saturated rings. The number of rotatable bonds is 4. The lowest BCUT2D eigenvalue weighted by Gasteiger charge is -2.06. The molecule has 17 heavy (non-hydrogen) atoms. The van der Waals surface area contributed by atoms with Crippen molar-refractivity contribution in [2.75, 3.05) is 11.9 Å². The van der Waals surface area contributed by atoms with Crippen LogP contribution in [-0.4, -0.2) is 15.3 Å². The third kappa shape index (κ3) is 2.61. The average Bonchev–Trinajstić information content (AvgIpc) is 2.74. The van der Waals surface area contributed by atoms with Crippen molar-refractivity contribution in [3.8, 4) is 11.3 Å². The first kappa shape index (κ1) is 12.0. The molecule has 0 radical (unpaired) electrons. The average molecular weight is 251 g/mol. The minimum absolute atomic E-state index is 0.225. The molecule has 0 saturated heterocycles. The van der Waals surface area contributed by atoms with Gasteiger partial charge in [-0.1, -0.05) is 6.92 Å². The van der Waals surface area contributed by atoms with Gasteiger partial charge < -0.3 is 5.32 Å². The summed E-state index contributed by atoms with van der Waals surface area (Å²) in [5.41, 5.74) is 2.61. The quantitative estimate of drug-likeness (QED) is 0.904. The molecule has 0 aliphatic heterocycles.